The van der Waals surface area contributed by atoms with Crippen LogP contribution in [0.4, 0.5) is 0 Å². The molecule has 0 bridgehead atoms. The summed E-state index contributed by atoms with van der Waals surface area (Å²) < 4.78 is 0. The molecule has 0 heterocycles. The minimum absolute atomic E-state index is 0.00152. The first-order valence-electron chi connectivity index (χ1n) is 6.01. The van der Waals surface area contributed by atoms with Crippen molar-refractivity contribution < 1.29 is 5.11 Å². The van der Waals surface area contributed by atoms with E-state index >= 15 is 0 Å². The largest absolute Gasteiger partial charge is 0.506 e. The summed E-state index contributed by atoms with van der Waals surface area (Å²) in [5.74, 6) is 0.238. The van der Waals surface area contributed by atoms with Crippen molar-refractivity contribution in [1.82, 2.24) is 0 Å². The Hall–Kier alpha value is -1.14. The van der Waals surface area contributed by atoms with E-state index in [2.05, 4.69) is 47.6 Å². The zero-order chi connectivity index (χ0) is 14.1. The number of thioether (sulfide) groups is 1. The lowest BCUT2D eigenvalue weighted by Gasteiger charge is -2.26. The summed E-state index contributed by atoms with van der Waals surface area (Å²) >= 11 is 1.02. The lowest BCUT2D eigenvalue weighted by atomic mass is 9.80. The second kappa shape index (κ2) is 4.85. The minimum Gasteiger partial charge on any atom is -0.506 e. The highest BCUT2D eigenvalue weighted by molar-refractivity contribution is 8.03. The van der Waals surface area contributed by atoms with E-state index in [0.29, 0.717) is 4.90 Å². The summed E-state index contributed by atoms with van der Waals surface area (Å²) in [4.78, 5) is 0.648. The van der Waals surface area contributed by atoms with Gasteiger partial charge >= 0.3 is 0 Å². The van der Waals surface area contributed by atoms with Crippen LogP contribution in [-0.4, -0.2) is 5.11 Å². The third-order valence-electron chi connectivity index (χ3n) is 2.90. The maximum absolute atomic E-state index is 10.3. The molecular weight excluding hydrogens is 242 g/mol. The first kappa shape index (κ1) is 14.9. The zero-order valence-electron chi connectivity index (χ0n) is 12.0. The molecule has 0 aliphatic heterocycles. The molecule has 0 amide bonds. The molecule has 1 aromatic carbocycles. The fraction of sp³-hybridized carbons (Fsp3) is 0.533. The number of thiocyanates is 1. The molecule has 0 radical (unpaired) electrons. The predicted molar refractivity (Wildman–Crippen MR) is 77.0 cm³/mol. The van der Waals surface area contributed by atoms with Gasteiger partial charge in [0, 0.05) is 5.56 Å². The lowest BCUT2D eigenvalue weighted by Crippen LogP contribution is -2.16. The van der Waals surface area contributed by atoms with Gasteiger partial charge in [0.2, 0.25) is 0 Å². The Balaban J connectivity index is 3.53. The topological polar surface area (TPSA) is 44.0 Å². The van der Waals surface area contributed by atoms with E-state index in [1.807, 2.05) is 11.5 Å². The van der Waals surface area contributed by atoms with Crippen molar-refractivity contribution in [2.45, 2.75) is 57.3 Å². The molecule has 1 N–H and O–H groups in total. The highest BCUT2D eigenvalue weighted by Gasteiger charge is 2.25. The first-order chi connectivity index (χ1) is 8.07. The molecule has 0 saturated carbocycles. The number of hydrogen-bond acceptors (Lipinski definition) is 3. The Kier molecular flexibility index (Phi) is 4.02. The van der Waals surface area contributed by atoms with Gasteiger partial charge in [0.15, 0.2) is 0 Å². The van der Waals surface area contributed by atoms with Crippen molar-refractivity contribution in [2.75, 3.05) is 0 Å². The second-order valence-electron chi connectivity index (χ2n) is 6.56. The molecule has 18 heavy (non-hydrogen) atoms. The fourth-order valence-corrected chi connectivity index (χ4v) is 2.23. The summed E-state index contributed by atoms with van der Waals surface area (Å²) in [5.41, 5.74) is 1.89. The third kappa shape index (κ3) is 3.20. The van der Waals surface area contributed by atoms with Crippen LogP contribution in [-0.2, 0) is 10.8 Å². The molecule has 0 fully saturated rings. The quantitative estimate of drug-likeness (QED) is 0.596. The van der Waals surface area contributed by atoms with E-state index < -0.39 is 0 Å². The molecule has 2 nitrogen and oxygen atoms in total. The Labute approximate surface area is 114 Å². The van der Waals surface area contributed by atoms with Crippen LogP contribution < -0.4 is 0 Å². The molecule has 0 unspecified atom stereocenters. The van der Waals surface area contributed by atoms with Crippen molar-refractivity contribution in [1.29, 1.82) is 5.26 Å². The Morgan fingerprint density at radius 1 is 1.06 bits per heavy atom. The van der Waals surface area contributed by atoms with Gasteiger partial charge in [-0.25, -0.2) is 0 Å². The minimum atomic E-state index is -0.143. The van der Waals surface area contributed by atoms with Crippen molar-refractivity contribution in [2.24, 2.45) is 0 Å². The average Bonchev–Trinajstić information content (AvgIpc) is 2.17. The van der Waals surface area contributed by atoms with Gasteiger partial charge in [0.25, 0.3) is 0 Å². The molecule has 0 aliphatic rings. The lowest BCUT2D eigenvalue weighted by molar-refractivity contribution is 0.432. The maximum Gasteiger partial charge on any atom is 0.138 e. The molecule has 0 aromatic heterocycles. The highest BCUT2D eigenvalue weighted by Crippen LogP contribution is 2.41. The van der Waals surface area contributed by atoms with Crippen LogP contribution in [0, 0.1) is 10.7 Å². The van der Waals surface area contributed by atoms with E-state index in [-0.39, 0.29) is 16.6 Å². The smallest absolute Gasteiger partial charge is 0.138 e. The Morgan fingerprint density at radius 2 is 1.61 bits per heavy atom. The monoisotopic (exact) mass is 263 g/mol. The predicted octanol–water partition coefficient (Wildman–Crippen LogP) is 4.56. The summed E-state index contributed by atoms with van der Waals surface area (Å²) in [7, 11) is 0. The summed E-state index contributed by atoms with van der Waals surface area (Å²) in [6.07, 6.45) is 0. The fourth-order valence-electron chi connectivity index (χ4n) is 1.74. The van der Waals surface area contributed by atoms with Crippen LogP contribution in [0.2, 0.25) is 0 Å². The summed E-state index contributed by atoms with van der Waals surface area (Å²) in [6.45, 7) is 12.6. The molecule has 3 heteroatoms. The molecule has 0 saturated heterocycles. The van der Waals surface area contributed by atoms with Gasteiger partial charge < -0.3 is 5.11 Å². The van der Waals surface area contributed by atoms with Crippen LogP contribution in [0.1, 0.15) is 52.7 Å². The van der Waals surface area contributed by atoms with E-state index in [4.69, 9.17) is 5.26 Å². The number of phenolic OH excluding ortho intramolecular Hbond substituents is 1. The molecular formula is C15H21NOS. The van der Waals surface area contributed by atoms with Crippen molar-refractivity contribution in [3.63, 3.8) is 0 Å². The van der Waals surface area contributed by atoms with E-state index in [0.717, 1.165) is 22.9 Å². The van der Waals surface area contributed by atoms with Gasteiger partial charge in [-0.05, 0) is 34.2 Å². The van der Waals surface area contributed by atoms with Gasteiger partial charge in [0.05, 0.1) is 4.90 Å². The molecule has 0 aliphatic carbocycles. The van der Waals surface area contributed by atoms with Crippen LogP contribution in [0.5, 0.6) is 5.75 Å². The Bertz CT molecular complexity index is 487. The number of nitrogens with zero attached hydrogens (tertiary/aromatic N) is 1. The van der Waals surface area contributed by atoms with E-state index in [1.165, 1.54) is 0 Å². The maximum atomic E-state index is 10.3. The van der Waals surface area contributed by atoms with Crippen LogP contribution >= 0.6 is 11.8 Å². The van der Waals surface area contributed by atoms with Gasteiger partial charge in [0.1, 0.15) is 11.2 Å². The first-order valence-corrected chi connectivity index (χ1v) is 6.83. The van der Waals surface area contributed by atoms with E-state index in [9.17, 15) is 5.11 Å². The summed E-state index contributed by atoms with van der Waals surface area (Å²) in [5, 5.41) is 21.1. The highest BCUT2D eigenvalue weighted by atomic mass is 32.2. The van der Waals surface area contributed by atoms with Gasteiger partial charge in [-0.1, -0.05) is 47.6 Å². The third-order valence-corrected chi connectivity index (χ3v) is 3.53. The van der Waals surface area contributed by atoms with Crippen LogP contribution in [0.25, 0.3) is 0 Å². The number of nitriles is 1. The zero-order valence-corrected chi connectivity index (χ0v) is 12.8. The average molecular weight is 263 g/mol. The van der Waals surface area contributed by atoms with Crippen LogP contribution in [0.3, 0.4) is 0 Å². The van der Waals surface area contributed by atoms with E-state index in [1.54, 1.807) is 0 Å². The van der Waals surface area contributed by atoms with Gasteiger partial charge in [-0.2, -0.15) is 5.26 Å². The normalized spacial score (nSPS) is 12.3. The van der Waals surface area contributed by atoms with Gasteiger partial charge in [-0.15, -0.1) is 0 Å². The number of benzene rings is 1. The number of phenols is 1. The molecule has 0 atom stereocenters. The SMILES string of the molecule is CC(C)(C)c1cc(SC#N)c(O)c(C(C)(C)C)c1. The molecule has 0 spiro atoms. The van der Waals surface area contributed by atoms with Crippen LogP contribution in [0.15, 0.2) is 17.0 Å². The number of hydrogen-bond donors (Lipinski definition) is 1. The standard InChI is InChI=1S/C15H21NOS/c1-14(2,3)10-7-11(15(4,5)6)13(17)12(8-10)18-9-16/h7-8,17H,1-6H3. The van der Waals surface area contributed by atoms with Crippen molar-refractivity contribution >= 4 is 11.8 Å². The molecule has 1 rings (SSSR count). The molecule has 1 aromatic rings. The van der Waals surface area contributed by atoms with Crippen molar-refractivity contribution in [3.05, 3.63) is 23.3 Å². The second-order valence-corrected chi connectivity index (χ2v) is 7.39. The molecule has 98 valence electrons. The Morgan fingerprint density at radius 3 is 2.00 bits per heavy atom. The summed E-state index contributed by atoms with van der Waals surface area (Å²) in [6, 6.07) is 3.97. The number of rotatable bonds is 1. The van der Waals surface area contributed by atoms with Crippen molar-refractivity contribution in [3.8, 4) is 11.2 Å². The number of aromatic hydroxyl groups is 1. The van der Waals surface area contributed by atoms with Gasteiger partial charge in [-0.3, -0.25) is 0 Å².